The number of aliphatic carboxylic acids is 1. The highest BCUT2D eigenvalue weighted by molar-refractivity contribution is 5.79. The normalized spacial score (nSPS) is 45.6. The molecule has 0 unspecified atom stereocenters. The molecule has 4 saturated heterocycles. The molecule has 29 heteroatoms. The number of carbonyl (C=O) groups excluding carboxylic acids is 4. The van der Waals surface area contributed by atoms with Crippen molar-refractivity contribution in [3.05, 3.63) is 11.6 Å². The number of carboxylic acid groups (broad SMARTS) is 1. The van der Waals surface area contributed by atoms with E-state index in [2.05, 4.69) is 40.7 Å². The molecule has 5 aliphatic carbocycles. The second kappa shape index (κ2) is 33.0. The van der Waals surface area contributed by atoms with Crippen LogP contribution in [0.2, 0.25) is 0 Å². The van der Waals surface area contributed by atoms with Crippen molar-refractivity contribution in [2.45, 2.75) is 346 Å². The van der Waals surface area contributed by atoms with E-state index in [9.17, 15) is 85.6 Å². The fourth-order valence-corrected chi connectivity index (χ4v) is 19.9. The number of aliphatic hydroxyl groups is 12. The summed E-state index contributed by atoms with van der Waals surface area (Å²) in [5.74, 6) is -4.83. The maximum Gasteiger partial charge on any atom is 0.335 e. The van der Waals surface area contributed by atoms with Gasteiger partial charge in [0.2, 0.25) is 6.29 Å². The van der Waals surface area contributed by atoms with Crippen LogP contribution >= 0.6 is 0 Å². The van der Waals surface area contributed by atoms with Crippen molar-refractivity contribution in [2.75, 3.05) is 13.7 Å². The number of carbonyl (C=O) groups is 5. The Morgan fingerprint density at radius 3 is 1.85 bits per heavy atom. The number of hydrogen-bond acceptors (Lipinski definition) is 28. The number of fused-ring (bicyclic) bond motifs is 7. The van der Waals surface area contributed by atoms with Gasteiger partial charge >= 0.3 is 23.9 Å². The van der Waals surface area contributed by atoms with Crippen LogP contribution in [-0.4, -0.2) is 264 Å². The Hall–Kier alpha value is -3.51. The highest BCUT2D eigenvalue weighted by Crippen LogP contribution is 2.77. The minimum atomic E-state index is -2.19. The van der Waals surface area contributed by atoms with Gasteiger partial charge in [-0.15, -0.1) is 0 Å². The predicted octanol–water partition coefficient (Wildman–Crippen LogP) is 2.53. The first-order valence-corrected chi connectivity index (χ1v) is 37.5. The van der Waals surface area contributed by atoms with Crippen LogP contribution in [0.5, 0.6) is 0 Å². The van der Waals surface area contributed by atoms with Gasteiger partial charge in [-0.05, 0) is 136 Å². The number of allylic oxidation sites excluding steroid dienone is 2. The van der Waals surface area contributed by atoms with E-state index in [0.29, 0.717) is 70.6 Å². The predicted molar refractivity (Wildman–Crippen MR) is 359 cm³/mol. The number of rotatable bonds is 27. The van der Waals surface area contributed by atoms with E-state index >= 15 is 4.79 Å². The van der Waals surface area contributed by atoms with Crippen LogP contribution in [0.1, 0.15) is 192 Å². The third-order valence-corrected chi connectivity index (χ3v) is 26.7. The van der Waals surface area contributed by atoms with Gasteiger partial charge in [0.05, 0.1) is 66.9 Å². The Balaban J connectivity index is 0.922. The molecule has 9 rings (SSSR count). The number of hydrogen-bond donors (Lipinski definition) is 13. The van der Waals surface area contributed by atoms with Gasteiger partial charge in [0.15, 0.2) is 31.1 Å². The Kier molecular flexibility index (Phi) is 26.7. The molecular weight excluding hydrogens is 1350 g/mol. The summed E-state index contributed by atoms with van der Waals surface area (Å²) in [4.78, 5) is 69.5. The summed E-state index contributed by atoms with van der Waals surface area (Å²) in [6.45, 7) is 22.5. The largest absolute Gasteiger partial charge is 0.479 e. The Morgan fingerprint density at radius 2 is 1.23 bits per heavy atom. The highest BCUT2D eigenvalue weighted by atomic mass is 16.8. The van der Waals surface area contributed by atoms with Crippen LogP contribution in [-0.2, 0) is 76.1 Å². The molecule has 0 radical (unpaired) electrons. The molecule has 0 aromatic heterocycles. The second-order valence-corrected chi connectivity index (χ2v) is 33.3. The molecule has 0 amide bonds. The lowest BCUT2D eigenvalue weighted by Gasteiger charge is -2.71. The average Bonchev–Trinajstić information content (AvgIpc) is 0.672. The Bertz CT molecular complexity index is 2930. The van der Waals surface area contributed by atoms with Crippen LogP contribution in [0.25, 0.3) is 0 Å². The molecule has 9 aliphatic rings. The maximum atomic E-state index is 15.6. The van der Waals surface area contributed by atoms with Gasteiger partial charge < -0.3 is 123 Å². The monoisotopic (exact) mass is 1470 g/mol. The number of methoxy groups -OCH3 is 1. The quantitative estimate of drug-likeness (QED) is 0.0185. The lowest BCUT2D eigenvalue weighted by atomic mass is 9.33. The van der Waals surface area contributed by atoms with E-state index < -0.39 is 217 Å². The van der Waals surface area contributed by atoms with Gasteiger partial charge in [-0.25, -0.2) is 4.79 Å². The summed E-state index contributed by atoms with van der Waals surface area (Å²) in [6, 6.07) is 0. The smallest absolute Gasteiger partial charge is 0.335 e. The average molecular weight is 1470 g/mol. The highest BCUT2D eigenvalue weighted by Gasteiger charge is 2.72. The first kappa shape index (κ1) is 83.5. The van der Waals surface area contributed by atoms with Crippen molar-refractivity contribution in [1.29, 1.82) is 0 Å². The fourth-order valence-electron chi connectivity index (χ4n) is 19.9. The minimum absolute atomic E-state index is 0.00862. The molecule has 4 aliphatic heterocycles. The van der Waals surface area contributed by atoms with E-state index in [1.165, 1.54) is 19.6 Å². The zero-order valence-corrected chi connectivity index (χ0v) is 62.0. The molecule has 29 nitrogen and oxygen atoms in total. The van der Waals surface area contributed by atoms with Crippen molar-refractivity contribution in [3.63, 3.8) is 0 Å². The van der Waals surface area contributed by atoms with Crippen LogP contribution in [0.4, 0.5) is 0 Å². The van der Waals surface area contributed by atoms with Gasteiger partial charge in [-0.1, -0.05) is 93.7 Å². The van der Waals surface area contributed by atoms with Crippen LogP contribution in [0, 0.1) is 62.1 Å². The molecule has 0 bridgehead atoms. The molecule has 4 heterocycles. The topological polar surface area (TPSA) is 450 Å². The number of aliphatic hydroxyl groups excluding tert-OH is 12. The van der Waals surface area contributed by atoms with E-state index in [1.54, 1.807) is 13.8 Å². The van der Waals surface area contributed by atoms with Gasteiger partial charge in [-0.2, -0.15) is 0 Å². The Morgan fingerprint density at radius 1 is 0.621 bits per heavy atom. The van der Waals surface area contributed by atoms with Crippen molar-refractivity contribution >= 4 is 30.2 Å². The number of carboxylic acids is 1. The van der Waals surface area contributed by atoms with Crippen molar-refractivity contribution in [1.82, 2.24) is 0 Å². The van der Waals surface area contributed by atoms with E-state index in [4.69, 9.17) is 52.1 Å². The van der Waals surface area contributed by atoms with Crippen LogP contribution in [0.15, 0.2) is 11.6 Å². The molecule has 0 aromatic carbocycles. The molecule has 35 atom stereocenters. The molecule has 0 spiro atoms. The third-order valence-electron chi connectivity index (χ3n) is 26.7. The molecular formula is C74H120O29. The number of aldehydes is 1. The maximum absolute atomic E-state index is 15.6. The molecule has 13 N–H and O–H groups in total. The first-order chi connectivity index (χ1) is 48.3. The van der Waals surface area contributed by atoms with E-state index in [1.807, 2.05) is 27.7 Å². The second-order valence-electron chi connectivity index (χ2n) is 33.3. The minimum Gasteiger partial charge on any atom is -0.479 e. The molecule has 0 aromatic rings. The first-order valence-electron chi connectivity index (χ1n) is 37.5. The number of esters is 3. The van der Waals surface area contributed by atoms with Crippen LogP contribution < -0.4 is 0 Å². The van der Waals surface area contributed by atoms with Gasteiger partial charge in [-0.3, -0.25) is 14.4 Å². The summed E-state index contributed by atoms with van der Waals surface area (Å²) in [5.41, 5.74) is -2.81. The van der Waals surface area contributed by atoms with Gasteiger partial charge in [0.1, 0.15) is 85.6 Å². The summed E-state index contributed by atoms with van der Waals surface area (Å²) >= 11 is 0. The van der Waals surface area contributed by atoms with Crippen LogP contribution in [0.3, 0.4) is 0 Å². The van der Waals surface area contributed by atoms with E-state index in [0.717, 1.165) is 12.7 Å². The van der Waals surface area contributed by atoms with Gasteiger partial charge in [0.25, 0.3) is 0 Å². The molecule has 590 valence electrons. The van der Waals surface area contributed by atoms with E-state index in [-0.39, 0.29) is 60.7 Å². The SMILES string of the molecule is CC[C@H](C)[C@H](C[C@H](O)CC(=O)O[C@@H]1[C@H](O)[C@@H](OC)[C@H](OC(=O)[C@]23CCC(C)(C)C[C@H]2C2=CC[C@@H]4[C@@]5(C)CC[C@H](O[C@@H]6O[C@H](C(=O)O)[C@@H](O)[C@H](O[C@@H]7O[C@@H](C)[C@H](O)[C@@H](O)[C@H]7O)[C@H]6O[C@@H]6O[C@H](CO)[C@H](O)[C@H](O)[C@H]6O)[C@@](C)(C=O)[C@@H]5CC[C@@]4(C)[C@]2(CC)CC3)O[C@@H]1C)OC(=O)C[C@@H](O)C[C@H](O)[C@@H](C)CC. The third kappa shape index (κ3) is 16.0. The standard InChI is InChI=1S/C74H120O29/c1-14-34(4)42(79)27-38(77)29-48(80)96-43(35(5)15-2)28-39(78)30-49(81)99-58-37(7)95-66(61(93-13)56(58)88)103-68(92)73-24-23-69(8,9)31-41(73)40-17-18-46-70(10)21-20-47(71(11,33-76)45(70)19-22-72(46,12)74(40,16-3)26-25-73)98-67-62(102-65-55(87)53(85)51(83)44(32-75)97-65)59(57(89)60(101-67)63(90)91)100-64-54(86)52(84)50(82)36(6)94-64/h17,33-39,41-47,50-62,64-67,75,77-79,82-89H,14-16,18-32H2,1-13H3,(H,90,91)/t34-,35-,36-,37+,38-,39-,41-,42-,43-,44+,45+,46+,47-,50-,51-,52+,53-,54+,55+,56-,57-,58-,59-,60-,61+,62+,64-,65-,66-,67+,70-,71-,72+,73-,74+/m0/s1. The lowest BCUT2D eigenvalue weighted by Crippen LogP contribution is -2.69. The lowest BCUT2D eigenvalue weighted by molar-refractivity contribution is -0.394. The molecule has 4 saturated carbocycles. The summed E-state index contributed by atoms with van der Waals surface area (Å²) < 4.78 is 66.9. The van der Waals surface area contributed by atoms with Crippen molar-refractivity contribution in [2.24, 2.45) is 62.1 Å². The zero-order valence-electron chi connectivity index (χ0n) is 62.0. The number of ether oxygens (including phenoxy) is 11. The molecule has 103 heavy (non-hydrogen) atoms. The molecule has 8 fully saturated rings. The van der Waals surface area contributed by atoms with Crippen molar-refractivity contribution < 1.29 is 142 Å². The Labute approximate surface area is 603 Å². The summed E-state index contributed by atoms with van der Waals surface area (Å²) in [6.07, 6.45) is -30.3. The summed E-state index contributed by atoms with van der Waals surface area (Å²) in [7, 11) is 1.32. The summed E-state index contributed by atoms with van der Waals surface area (Å²) in [5, 5.41) is 142. The van der Waals surface area contributed by atoms with Gasteiger partial charge in [0, 0.05) is 20.0 Å². The zero-order chi connectivity index (χ0) is 76.1. The van der Waals surface area contributed by atoms with Crippen molar-refractivity contribution in [3.8, 4) is 0 Å². The fraction of sp³-hybridized carbons (Fsp3) is 0.905.